The molecule has 1 aromatic heterocycles. The predicted octanol–water partition coefficient (Wildman–Crippen LogP) is 2.98. The predicted molar refractivity (Wildman–Crippen MR) is 83.9 cm³/mol. The number of para-hydroxylation sites is 1. The smallest absolute Gasteiger partial charge is 0.259 e. The average molecular weight is 293 g/mol. The molecule has 7 heteroatoms. The second-order valence-corrected chi connectivity index (χ2v) is 4.47. The van der Waals surface area contributed by atoms with Crippen LogP contribution in [0, 0.1) is 10.1 Å². The van der Waals surface area contributed by atoms with Crippen LogP contribution in [0.2, 0.25) is 0 Å². The quantitative estimate of drug-likeness (QED) is 0.453. The van der Waals surface area contributed by atoms with E-state index in [0.717, 1.165) is 10.8 Å². The summed E-state index contributed by atoms with van der Waals surface area (Å²) in [6.45, 7) is 0. The van der Waals surface area contributed by atoms with Crippen LogP contribution in [0.4, 0.5) is 11.5 Å². The number of rotatable bonds is 4. The summed E-state index contributed by atoms with van der Waals surface area (Å²) in [4.78, 5) is 10.5. The van der Waals surface area contributed by atoms with Gasteiger partial charge in [-0.3, -0.25) is 15.5 Å². The number of nitrogens with zero attached hydrogens (tertiary/aromatic N) is 4. The Hall–Kier alpha value is -3.35. The minimum absolute atomic E-state index is 0.00273. The molecule has 1 heterocycles. The van der Waals surface area contributed by atoms with Crippen molar-refractivity contribution in [3.63, 3.8) is 0 Å². The van der Waals surface area contributed by atoms with E-state index in [2.05, 4.69) is 20.7 Å². The molecule has 0 aliphatic carbocycles. The van der Waals surface area contributed by atoms with Gasteiger partial charge in [0.05, 0.1) is 22.9 Å². The van der Waals surface area contributed by atoms with Crippen molar-refractivity contribution in [2.45, 2.75) is 0 Å². The van der Waals surface area contributed by atoms with Crippen LogP contribution in [0.3, 0.4) is 0 Å². The molecule has 2 aromatic carbocycles. The number of hydrogen-bond acceptors (Lipinski definition) is 6. The summed E-state index contributed by atoms with van der Waals surface area (Å²) >= 11 is 0. The van der Waals surface area contributed by atoms with E-state index in [1.54, 1.807) is 24.4 Å². The van der Waals surface area contributed by atoms with Crippen molar-refractivity contribution in [2.75, 3.05) is 5.43 Å². The van der Waals surface area contributed by atoms with Gasteiger partial charge in [-0.25, -0.2) is 0 Å². The first-order valence-corrected chi connectivity index (χ1v) is 6.48. The Labute approximate surface area is 125 Å². The van der Waals surface area contributed by atoms with E-state index in [1.807, 2.05) is 24.3 Å². The van der Waals surface area contributed by atoms with Crippen LogP contribution in [0.25, 0.3) is 10.8 Å². The molecule has 0 aliphatic rings. The van der Waals surface area contributed by atoms with Crippen LogP contribution >= 0.6 is 0 Å². The maximum absolute atomic E-state index is 10.9. The maximum atomic E-state index is 10.9. The van der Waals surface area contributed by atoms with Crippen molar-refractivity contribution >= 4 is 28.5 Å². The summed E-state index contributed by atoms with van der Waals surface area (Å²) in [5.74, 6) is 0.493. The zero-order valence-corrected chi connectivity index (χ0v) is 11.4. The van der Waals surface area contributed by atoms with Crippen molar-refractivity contribution in [1.82, 2.24) is 10.2 Å². The lowest BCUT2D eigenvalue weighted by Crippen LogP contribution is -1.98. The second kappa shape index (κ2) is 5.96. The van der Waals surface area contributed by atoms with Gasteiger partial charge in [0, 0.05) is 16.8 Å². The zero-order valence-electron chi connectivity index (χ0n) is 11.4. The highest BCUT2D eigenvalue weighted by molar-refractivity contribution is 5.91. The Morgan fingerprint density at radius 2 is 1.91 bits per heavy atom. The second-order valence-electron chi connectivity index (χ2n) is 4.47. The van der Waals surface area contributed by atoms with Gasteiger partial charge in [-0.1, -0.05) is 36.4 Å². The van der Waals surface area contributed by atoms with Crippen molar-refractivity contribution < 1.29 is 4.92 Å². The number of benzene rings is 2. The number of fused-ring (bicyclic) bond motifs is 1. The lowest BCUT2D eigenvalue weighted by Gasteiger charge is -2.03. The number of nitro groups is 1. The Bertz CT molecular complexity index is 858. The first kappa shape index (κ1) is 13.6. The van der Waals surface area contributed by atoms with Gasteiger partial charge in [0.1, 0.15) is 0 Å². The van der Waals surface area contributed by atoms with Crippen molar-refractivity contribution in [3.05, 3.63) is 70.4 Å². The van der Waals surface area contributed by atoms with Crippen LogP contribution in [0.5, 0.6) is 0 Å². The summed E-state index contributed by atoms with van der Waals surface area (Å²) in [6, 6.07) is 14.0. The molecule has 0 saturated heterocycles. The standard InChI is InChI=1S/C15H11N5O2/c21-20(22)14-8-4-2-6-12(14)10-17-19-15-13-7-3-1-5-11(13)9-16-18-15/h1-10H,(H,18,19). The van der Waals surface area contributed by atoms with Crippen LogP contribution in [0.15, 0.2) is 59.8 Å². The molecule has 1 N–H and O–H groups in total. The molecular weight excluding hydrogens is 282 g/mol. The van der Waals surface area contributed by atoms with Gasteiger partial charge in [0.2, 0.25) is 0 Å². The summed E-state index contributed by atoms with van der Waals surface area (Å²) in [5, 5.41) is 24.6. The molecular formula is C15H11N5O2. The Balaban J connectivity index is 1.87. The monoisotopic (exact) mass is 293 g/mol. The fourth-order valence-corrected chi connectivity index (χ4v) is 2.04. The van der Waals surface area contributed by atoms with E-state index in [9.17, 15) is 10.1 Å². The van der Waals surface area contributed by atoms with Crippen LogP contribution < -0.4 is 5.43 Å². The minimum Gasteiger partial charge on any atom is -0.259 e. The average Bonchev–Trinajstić information content (AvgIpc) is 2.55. The van der Waals surface area contributed by atoms with Gasteiger partial charge < -0.3 is 0 Å². The number of anilines is 1. The summed E-state index contributed by atoms with van der Waals surface area (Å²) in [5.41, 5.74) is 3.18. The zero-order chi connectivity index (χ0) is 15.4. The van der Waals surface area contributed by atoms with Gasteiger partial charge in [0.15, 0.2) is 5.82 Å². The van der Waals surface area contributed by atoms with E-state index in [4.69, 9.17) is 0 Å². The molecule has 3 rings (SSSR count). The van der Waals surface area contributed by atoms with Crippen LogP contribution in [0.1, 0.15) is 5.56 Å². The highest BCUT2D eigenvalue weighted by Gasteiger charge is 2.10. The van der Waals surface area contributed by atoms with Crippen molar-refractivity contribution in [1.29, 1.82) is 0 Å². The van der Waals surface area contributed by atoms with Gasteiger partial charge in [-0.2, -0.15) is 10.2 Å². The maximum Gasteiger partial charge on any atom is 0.278 e. The molecule has 0 fully saturated rings. The van der Waals surface area contributed by atoms with E-state index < -0.39 is 4.92 Å². The summed E-state index contributed by atoms with van der Waals surface area (Å²) in [7, 11) is 0. The third-order valence-corrected chi connectivity index (χ3v) is 3.08. The molecule has 0 radical (unpaired) electrons. The molecule has 0 unspecified atom stereocenters. The van der Waals surface area contributed by atoms with E-state index in [0.29, 0.717) is 11.4 Å². The number of hydrazone groups is 1. The molecule has 0 saturated carbocycles. The molecule has 0 amide bonds. The normalized spacial score (nSPS) is 10.9. The Morgan fingerprint density at radius 1 is 1.14 bits per heavy atom. The molecule has 0 bridgehead atoms. The highest BCUT2D eigenvalue weighted by atomic mass is 16.6. The van der Waals surface area contributed by atoms with Crippen molar-refractivity contribution in [2.24, 2.45) is 5.10 Å². The molecule has 3 aromatic rings. The number of hydrogen-bond donors (Lipinski definition) is 1. The molecule has 0 aliphatic heterocycles. The first-order valence-electron chi connectivity index (χ1n) is 6.48. The third kappa shape index (κ3) is 2.73. The van der Waals surface area contributed by atoms with Gasteiger partial charge in [0.25, 0.3) is 5.69 Å². The lowest BCUT2D eigenvalue weighted by molar-refractivity contribution is -0.385. The Morgan fingerprint density at radius 3 is 2.77 bits per heavy atom. The fraction of sp³-hybridized carbons (Fsp3) is 0. The SMILES string of the molecule is O=[N+]([O-])c1ccccc1C=NNc1nncc2ccccc12. The minimum atomic E-state index is -0.445. The number of aromatic nitrogens is 2. The van der Waals surface area contributed by atoms with E-state index >= 15 is 0 Å². The number of nitro benzene ring substituents is 1. The fourth-order valence-electron chi connectivity index (χ4n) is 2.04. The van der Waals surface area contributed by atoms with Crippen molar-refractivity contribution in [3.8, 4) is 0 Å². The van der Waals surface area contributed by atoms with Gasteiger partial charge in [-0.15, -0.1) is 5.10 Å². The topological polar surface area (TPSA) is 93.3 Å². The molecule has 22 heavy (non-hydrogen) atoms. The van der Waals surface area contributed by atoms with E-state index in [1.165, 1.54) is 12.3 Å². The summed E-state index contributed by atoms with van der Waals surface area (Å²) in [6.07, 6.45) is 3.05. The van der Waals surface area contributed by atoms with Gasteiger partial charge >= 0.3 is 0 Å². The lowest BCUT2D eigenvalue weighted by atomic mass is 10.2. The largest absolute Gasteiger partial charge is 0.278 e. The van der Waals surface area contributed by atoms with Gasteiger partial charge in [-0.05, 0) is 6.07 Å². The highest BCUT2D eigenvalue weighted by Crippen LogP contribution is 2.19. The first-order chi connectivity index (χ1) is 10.8. The number of nitrogens with one attached hydrogen (secondary N) is 1. The molecule has 7 nitrogen and oxygen atoms in total. The molecule has 0 spiro atoms. The van der Waals surface area contributed by atoms with E-state index in [-0.39, 0.29) is 5.69 Å². The third-order valence-electron chi connectivity index (χ3n) is 3.08. The Kier molecular flexibility index (Phi) is 3.69. The molecule has 0 atom stereocenters. The molecule has 108 valence electrons. The summed E-state index contributed by atoms with van der Waals surface area (Å²) < 4.78 is 0. The van der Waals surface area contributed by atoms with Crippen LogP contribution in [-0.2, 0) is 0 Å². The van der Waals surface area contributed by atoms with Crippen LogP contribution in [-0.4, -0.2) is 21.3 Å².